The van der Waals surface area contributed by atoms with Crippen molar-refractivity contribution in [3.63, 3.8) is 0 Å². The van der Waals surface area contributed by atoms with Gasteiger partial charge in [0.05, 0.1) is 23.8 Å². The molecule has 9 heteroatoms. The van der Waals surface area contributed by atoms with E-state index in [1.165, 1.54) is 11.3 Å². The maximum Gasteiger partial charge on any atom is 0.291 e. The molecule has 2 amide bonds. The van der Waals surface area contributed by atoms with Gasteiger partial charge in [0.1, 0.15) is 16.1 Å². The Morgan fingerprint density at radius 1 is 1.17 bits per heavy atom. The van der Waals surface area contributed by atoms with E-state index >= 15 is 0 Å². The number of carbonyl (C=O) groups is 2. The molecule has 1 fully saturated rings. The first-order valence-corrected chi connectivity index (χ1v) is 10.5. The van der Waals surface area contributed by atoms with Crippen molar-refractivity contribution in [1.82, 2.24) is 14.7 Å². The third-order valence-corrected chi connectivity index (χ3v) is 6.45. The molecule has 3 aromatic heterocycles. The molecule has 0 atom stereocenters. The second kappa shape index (κ2) is 7.26. The van der Waals surface area contributed by atoms with Gasteiger partial charge in [0, 0.05) is 30.9 Å². The van der Waals surface area contributed by atoms with Crippen molar-refractivity contribution < 1.29 is 18.7 Å². The van der Waals surface area contributed by atoms with Gasteiger partial charge >= 0.3 is 0 Å². The summed E-state index contributed by atoms with van der Waals surface area (Å²) in [5.74, 6) is -0.384. The molecule has 1 N–H and O–H groups in total. The first-order chi connectivity index (χ1) is 14.5. The minimum absolute atomic E-state index is 0.144. The summed E-state index contributed by atoms with van der Waals surface area (Å²) in [5, 5.41) is 8.95. The lowest BCUT2D eigenvalue weighted by Crippen LogP contribution is -2.40. The number of hydrogen-bond donors (Lipinski definition) is 1. The fourth-order valence-electron chi connectivity index (χ4n) is 3.72. The van der Waals surface area contributed by atoms with Crippen LogP contribution in [0.4, 0.5) is 5.69 Å². The second-order valence-corrected chi connectivity index (χ2v) is 8.23. The number of benzene rings is 1. The molecule has 0 saturated carbocycles. The highest BCUT2D eigenvalue weighted by Gasteiger charge is 2.28. The number of carbonyl (C=O) groups excluding carboxylic acids is 2. The number of aryl methyl sites for hydroxylation is 2. The monoisotopic (exact) mass is 424 g/mol. The number of aromatic nitrogens is 2. The molecule has 1 aliphatic heterocycles. The van der Waals surface area contributed by atoms with Gasteiger partial charge in [0.2, 0.25) is 5.76 Å². The van der Waals surface area contributed by atoms with E-state index in [-0.39, 0.29) is 17.6 Å². The lowest BCUT2D eigenvalue weighted by atomic mass is 10.2. The topological polar surface area (TPSA) is 89.6 Å². The Morgan fingerprint density at radius 3 is 2.70 bits per heavy atom. The fourth-order valence-corrected chi connectivity index (χ4v) is 4.74. The van der Waals surface area contributed by atoms with Crippen molar-refractivity contribution in [3.8, 4) is 0 Å². The van der Waals surface area contributed by atoms with Crippen molar-refractivity contribution in [2.45, 2.75) is 6.92 Å². The number of nitrogens with one attached hydrogen (secondary N) is 1. The number of nitrogens with zero attached hydrogens (tertiary/aromatic N) is 3. The van der Waals surface area contributed by atoms with Gasteiger partial charge in [-0.1, -0.05) is 12.1 Å². The molecular formula is C21H20N4O4S. The predicted molar refractivity (Wildman–Crippen MR) is 114 cm³/mol. The van der Waals surface area contributed by atoms with Crippen LogP contribution in [0.3, 0.4) is 0 Å². The minimum atomic E-state index is -0.279. The SMILES string of the molecule is Cc1nn(C)c2sc(C(=O)Nc3c(C(=O)N4CCOCC4)oc4ccccc34)cc12. The second-order valence-electron chi connectivity index (χ2n) is 7.20. The number of morpholine rings is 1. The molecule has 0 aliphatic carbocycles. The van der Waals surface area contributed by atoms with E-state index in [1.54, 1.807) is 15.6 Å². The van der Waals surface area contributed by atoms with E-state index in [0.29, 0.717) is 47.8 Å². The quantitative estimate of drug-likeness (QED) is 0.544. The van der Waals surface area contributed by atoms with Crippen LogP contribution in [-0.2, 0) is 11.8 Å². The minimum Gasteiger partial charge on any atom is -0.449 e. The van der Waals surface area contributed by atoms with Gasteiger partial charge in [-0.15, -0.1) is 11.3 Å². The molecule has 1 aliphatic rings. The van der Waals surface area contributed by atoms with Crippen molar-refractivity contribution in [3.05, 3.63) is 46.7 Å². The fraction of sp³-hybridized carbons (Fsp3) is 0.286. The Kier molecular flexibility index (Phi) is 4.56. The van der Waals surface area contributed by atoms with Crippen LogP contribution < -0.4 is 5.32 Å². The molecule has 1 saturated heterocycles. The van der Waals surface area contributed by atoms with E-state index < -0.39 is 0 Å². The predicted octanol–water partition coefficient (Wildman–Crippen LogP) is 3.41. The molecule has 0 radical (unpaired) electrons. The summed E-state index contributed by atoms with van der Waals surface area (Å²) in [7, 11) is 1.86. The highest BCUT2D eigenvalue weighted by Crippen LogP contribution is 2.34. The molecule has 5 rings (SSSR count). The maximum atomic E-state index is 13.1. The molecule has 30 heavy (non-hydrogen) atoms. The van der Waals surface area contributed by atoms with E-state index in [4.69, 9.17) is 9.15 Å². The van der Waals surface area contributed by atoms with Crippen LogP contribution in [0.1, 0.15) is 25.9 Å². The summed E-state index contributed by atoms with van der Waals surface area (Å²) in [6.07, 6.45) is 0. The summed E-state index contributed by atoms with van der Waals surface area (Å²) in [5.41, 5.74) is 1.83. The highest BCUT2D eigenvalue weighted by molar-refractivity contribution is 7.20. The van der Waals surface area contributed by atoms with Crippen molar-refractivity contribution in [1.29, 1.82) is 0 Å². The highest BCUT2D eigenvalue weighted by atomic mass is 32.1. The zero-order valence-corrected chi connectivity index (χ0v) is 17.4. The average Bonchev–Trinajstić information content (AvgIpc) is 3.43. The van der Waals surface area contributed by atoms with Crippen molar-refractivity contribution >= 4 is 50.0 Å². The van der Waals surface area contributed by atoms with E-state index in [9.17, 15) is 9.59 Å². The first-order valence-electron chi connectivity index (χ1n) is 9.66. The molecule has 4 heterocycles. The maximum absolute atomic E-state index is 13.1. The molecule has 0 unspecified atom stereocenters. The van der Waals surface area contributed by atoms with Gasteiger partial charge in [-0.2, -0.15) is 5.10 Å². The number of furan rings is 1. The summed E-state index contributed by atoms with van der Waals surface area (Å²) in [4.78, 5) is 29.4. The number of fused-ring (bicyclic) bond motifs is 2. The average molecular weight is 424 g/mol. The summed E-state index contributed by atoms with van der Waals surface area (Å²) < 4.78 is 13.0. The molecule has 0 spiro atoms. The van der Waals surface area contributed by atoms with Crippen molar-refractivity contribution in [2.24, 2.45) is 7.05 Å². The number of ether oxygens (including phenoxy) is 1. The standard InChI is InChI=1S/C21H20N4O4S/c1-12-14-11-16(30-21(14)24(2)23-12)19(26)22-17-13-5-3-4-6-15(13)29-18(17)20(27)25-7-9-28-10-8-25/h3-6,11H,7-10H2,1-2H3,(H,22,26). The van der Waals surface area contributed by atoms with Gasteiger partial charge in [0.25, 0.3) is 11.8 Å². The smallest absolute Gasteiger partial charge is 0.291 e. The van der Waals surface area contributed by atoms with Crippen LogP contribution in [0.2, 0.25) is 0 Å². The molecule has 1 aromatic carbocycles. The Hall–Kier alpha value is -3.17. The van der Waals surface area contributed by atoms with Crippen LogP contribution in [-0.4, -0.2) is 52.8 Å². The Labute approximate surface area is 176 Å². The number of anilines is 1. The summed E-state index contributed by atoms with van der Waals surface area (Å²) >= 11 is 1.37. The van der Waals surface area contributed by atoms with Crippen molar-refractivity contribution in [2.75, 3.05) is 31.6 Å². The van der Waals surface area contributed by atoms with Crippen LogP contribution in [0.5, 0.6) is 0 Å². The van der Waals surface area contributed by atoms with Crippen LogP contribution in [0.25, 0.3) is 21.2 Å². The van der Waals surface area contributed by atoms with Gasteiger partial charge in [-0.05, 0) is 25.1 Å². The number of para-hydroxylation sites is 1. The Morgan fingerprint density at radius 2 is 1.93 bits per heavy atom. The van der Waals surface area contributed by atoms with Crippen LogP contribution in [0.15, 0.2) is 34.7 Å². The first kappa shape index (κ1) is 18.8. The lowest BCUT2D eigenvalue weighted by Gasteiger charge is -2.26. The normalized spacial score (nSPS) is 14.5. The lowest BCUT2D eigenvalue weighted by molar-refractivity contribution is 0.0285. The Bertz CT molecular complexity index is 1240. The van der Waals surface area contributed by atoms with Crippen LogP contribution in [0, 0.1) is 6.92 Å². The third-order valence-electron chi connectivity index (χ3n) is 5.25. The number of thiophene rings is 1. The summed E-state index contributed by atoms with van der Waals surface area (Å²) in [6.45, 7) is 3.88. The summed E-state index contributed by atoms with van der Waals surface area (Å²) in [6, 6.07) is 9.15. The van der Waals surface area contributed by atoms with Gasteiger partial charge in [-0.3, -0.25) is 14.3 Å². The Balaban J connectivity index is 1.52. The zero-order valence-electron chi connectivity index (χ0n) is 16.6. The van der Waals surface area contributed by atoms with Gasteiger partial charge < -0.3 is 19.4 Å². The van der Waals surface area contributed by atoms with E-state index in [2.05, 4.69) is 10.4 Å². The van der Waals surface area contributed by atoms with E-state index in [1.807, 2.05) is 38.2 Å². The number of hydrogen-bond acceptors (Lipinski definition) is 6. The number of amides is 2. The molecule has 154 valence electrons. The zero-order chi connectivity index (χ0) is 20.8. The molecule has 8 nitrogen and oxygen atoms in total. The van der Waals surface area contributed by atoms with Gasteiger partial charge in [-0.25, -0.2) is 0 Å². The molecule has 0 bridgehead atoms. The largest absolute Gasteiger partial charge is 0.449 e. The third kappa shape index (κ3) is 3.06. The van der Waals surface area contributed by atoms with Gasteiger partial charge in [0.15, 0.2) is 0 Å². The van der Waals surface area contributed by atoms with E-state index in [0.717, 1.165) is 15.9 Å². The molecule has 4 aromatic rings. The van der Waals surface area contributed by atoms with Crippen LogP contribution >= 0.6 is 11.3 Å². The molecular weight excluding hydrogens is 404 g/mol. The number of rotatable bonds is 3.